The number of anilines is 1. The minimum Gasteiger partial charge on any atom is -0.373 e. The second-order valence-electron chi connectivity index (χ2n) is 4.51. The van der Waals surface area contributed by atoms with Gasteiger partial charge in [-0.1, -0.05) is 0 Å². The van der Waals surface area contributed by atoms with Crippen molar-refractivity contribution in [3.63, 3.8) is 0 Å². The van der Waals surface area contributed by atoms with Gasteiger partial charge in [0.2, 0.25) is 5.95 Å². The van der Waals surface area contributed by atoms with E-state index < -0.39 is 0 Å². The van der Waals surface area contributed by atoms with Crippen LogP contribution in [-0.2, 0) is 11.8 Å². The highest BCUT2D eigenvalue weighted by atomic mass is 16.5. The zero-order valence-corrected chi connectivity index (χ0v) is 10.2. The van der Waals surface area contributed by atoms with E-state index >= 15 is 0 Å². The molecule has 5 nitrogen and oxygen atoms in total. The minimum atomic E-state index is 0.0594. The Hall–Kier alpha value is -1.07. The molecule has 2 rings (SSSR count). The fraction of sp³-hybridized carbons (Fsp3) is 0.727. The van der Waals surface area contributed by atoms with E-state index in [1.807, 2.05) is 27.1 Å². The van der Waals surface area contributed by atoms with Gasteiger partial charge in [0.15, 0.2) is 0 Å². The SMILES string of the molecule is Cc1cn(C)c(N2CCOC(C(C)N)C2)n1. The molecular weight excluding hydrogens is 204 g/mol. The molecule has 0 radical (unpaired) electrons. The highest BCUT2D eigenvalue weighted by molar-refractivity contribution is 5.34. The summed E-state index contributed by atoms with van der Waals surface area (Å²) in [6.45, 7) is 6.42. The number of nitrogens with two attached hydrogens (primary N) is 1. The van der Waals surface area contributed by atoms with E-state index in [-0.39, 0.29) is 12.1 Å². The first-order chi connectivity index (χ1) is 7.58. The number of imidazole rings is 1. The van der Waals surface area contributed by atoms with E-state index in [2.05, 4.69) is 14.5 Å². The van der Waals surface area contributed by atoms with E-state index in [1.54, 1.807) is 0 Å². The topological polar surface area (TPSA) is 56.3 Å². The van der Waals surface area contributed by atoms with Gasteiger partial charge in [-0.3, -0.25) is 0 Å². The molecule has 0 bridgehead atoms. The third-order valence-corrected chi connectivity index (χ3v) is 2.94. The number of hydrogen-bond acceptors (Lipinski definition) is 4. The number of aromatic nitrogens is 2. The predicted molar refractivity (Wildman–Crippen MR) is 63.5 cm³/mol. The summed E-state index contributed by atoms with van der Waals surface area (Å²) in [5.74, 6) is 1.01. The smallest absolute Gasteiger partial charge is 0.205 e. The quantitative estimate of drug-likeness (QED) is 0.784. The molecule has 2 N–H and O–H groups in total. The van der Waals surface area contributed by atoms with Gasteiger partial charge in [-0.2, -0.15) is 0 Å². The Morgan fingerprint density at radius 3 is 2.94 bits per heavy atom. The van der Waals surface area contributed by atoms with Gasteiger partial charge >= 0.3 is 0 Å². The van der Waals surface area contributed by atoms with Crippen LogP contribution in [0.5, 0.6) is 0 Å². The lowest BCUT2D eigenvalue weighted by atomic mass is 10.1. The van der Waals surface area contributed by atoms with Crippen molar-refractivity contribution >= 4 is 5.95 Å². The Kier molecular flexibility index (Phi) is 3.16. The summed E-state index contributed by atoms with van der Waals surface area (Å²) >= 11 is 0. The molecule has 1 aliphatic rings. The second kappa shape index (κ2) is 4.43. The predicted octanol–water partition coefficient (Wildman–Crippen LogP) is 0.281. The number of aryl methyl sites for hydroxylation is 2. The van der Waals surface area contributed by atoms with Crippen molar-refractivity contribution in [2.24, 2.45) is 12.8 Å². The summed E-state index contributed by atoms with van der Waals surface area (Å²) < 4.78 is 7.69. The molecule has 2 heterocycles. The summed E-state index contributed by atoms with van der Waals surface area (Å²) in [6, 6.07) is 0.0594. The normalized spacial score (nSPS) is 23.5. The molecule has 0 aromatic carbocycles. The van der Waals surface area contributed by atoms with Gasteiger partial charge in [0.05, 0.1) is 18.4 Å². The van der Waals surface area contributed by atoms with Crippen molar-refractivity contribution in [2.75, 3.05) is 24.6 Å². The first-order valence-electron chi connectivity index (χ1n) is 5.70. The first kappa shape index (κ1) is 11.4. The van der Waals surface area contributed by atoms with E-state index in [0.29, 0.717) is 0 Å². The van der Waals surface area contributed by atoms with E-state index in [1.165, 1.54) is 0 Å². The van der Waals surface area contributed by atoms with E-state index in [4.69, 9.17) is 10.5 Å². The van der Waals surface area contributed by atoms with Crippen molar-refractivity contribution in [3.8, 4) is 0 Å². The molecule has 0 spiro atoms. The highest BCUT2D eigenvalue weighted by Gasteiger charge is 2.25. The fourth-order valence-corrected chi connectivity index (χ4v) is 2.07. The summed E-state index contributed by atoms with van der Waals surface area (Å²) in [5, 5.41) is 0. The van der Waals surface area contributed by atoms with Crippen LogP contribution in [0.2, 0.25) is 0 Å². The summed E-state index contributed by atoms with van der Waals surface area (Å²) in [7, 11) is 2.02. The Morgan fingerprint density at radius 1 is 1.62 bits per heavy atom. The molecular formula is C11H20N4O. The van der Waals surface area contributed by atoms with Crippen LogP contribution in [0.15, 0.2) is 6.20 Å². The number of hydrogen-bond donors (Lipinski definition) is 1. The van der Waals surface area contributed by atoms with Gasteiger partial charge in [0.25, 0.3) is 0 Å². The summed E-state index contributed by atoms with van der Waals surface area (Å²) in [6.07, 6.45) is 2.14. The molecule has 1 aromatic heterocycles. The summed E-state index contributed by atoms with van der Waals surface area (Å²) in [4.78, 5) is 6.76. The minimum absolute atomic E-state index is 0.0594. The van der Waals surface area contributed by atoms with Crippen molar-refractivity contribution < 1.29 is 4.74 Å². The number of ether oxygens (including phenoxy) is 1. The van der Waals surface area contributed by atoms with Gasteiger partial charge in [0, 0.05) is 32.4 Å². The molecule has 0 amide bonds. The first-order valence-corrected chi connectivity index (χ1v) is 5.70. The average molecular weight is 224 g/mol. The number of morpholine rings is 1. The van der Waals surface area contributed by atoms with Crippen molar-refractivity contribution in [2.45, 2.75) is 26.0 Å². The van der Waals surface area contributed by atoms with Crippen LogP contribution in [0.4, 0.5) is 5.95 Å². The van der Waals surface area contributed by atoms with Gasteiger partial charge < -0.3 is 19.9 Å². The van der Waals surface area contributed by atoms with Crippen molar-refractivity contribution in [3.05, 3.63) is 11.9 Å². The standard InChI is InChI=1S/C11H20N4O/c1-8-6-14(3)11(13-8)15-4-5-16-10(7-15)9(2)12/h6,9-10H,4-5,7,12H2,1-3H3. The maximum absolute atomic E-state index is 5.87. The van der Waals surface area contributed by atoms with Gasteiger partial charge in [-0.25, -0.2) is 4.98 Å². The molecule has 5 heteroatoms. The fourth-order valence-electron chi connectivity index (χ4n) is 2.07. The lowest BCUT2D eigenvalue weighted by molar-refractivity contribution is 0.0269. The van der Waals surface area contributed by atoms with E-state index in [0.717, 1.165) is 31.3 Å². The molecule has 2 unspecified atom stereocenters. The van der Waals surface area contributed by atoms with Gasteiger partial charge in [0.1, 0.15) is 0 Å². The molecule has 1 aromatic rings. The zero-order valence-electron chi connectivity index (χ0n) is 10.2. The average Bonchev–Trinajstić information content (AvgIpc) is 2.58. The number of nitrogens with zero attached hydrogens (tertiary/aromatic N) is 3. The molecule has 90 valence electrons. The molecule has 0 aliphatic carbocycles. The van der Waals surface area contributed by atoms with Crippen LogP contribution in [0.25, 0.3) is 0 Å². The van der Waals surface area contributed by atoms with Crippen LogP contribution >= 0.6 is 0 Å². The Balaban J connectivity index is 2.12. The van der Waals surface area contributed by atoms with Crippen molar-refractivity contribution in [1.29, 1.82) is 0 Å². The zero-order chi connectivity index (χ0) is 11.7. The molecule has 1 fully saturated rings. The largest absolute Gasteiger partial charge is 0.373 e. The van der Waals surface area contributed by atoms with Gasteiger partial charge in [-0.15, -0.1) is 0 Å². The van der Waals surface area contributed by atoms with Crippen LogP contribution in [-0.4, -0.2) is 41.4 Å². The molecule has 0 saturated carbocycles. The second-order valence-corrected chi connectivity index (χ2v) is 4.51. The van der Waals surface area contributed by atoms with Gasteiger partial charge in [-0.05, 0) is 13.8 Å². The van der Waals surface area contributed by atoms with Crippen LogP contribution < -0.4 is 10.6 Å². The van der Waals surface area contributed by atoms with Crippen LogP contribution in [0, 0.1) is 6.92 Å². The van der Waals surface area contributed by atoms with E-state index in [9.17, 15) is 0 Å². The molecule has 1 saturated heterocycles. The highest BCUT2D eigenvalue weighted by Crippen LogP contribution is 2.17. The monoisotopic (exact) mass is 224 g/mol. The molecule has 1 aliphatic heterocycles. The molecule has 2 atom stereocenters. The lowest BCUT2D eigenvalue weighted by Gasteiger charge is -2.35. The van der Waals surface area contributed by atoms with Crippen LogP contribution in [0.1, 0.15) is 12.6 Å². The third kappa shape index (κ3) is 2.20. The Bertz CT molecular complexity index is 361. The maximum Gasteiger partial charge on any atom is 0.205 e. The Morgan fingerprint density at radius 2 is 2.38 bits per heavy atom. The van der Waals surface area contributed by atoms with Crippen molar-refractivity contribution in [1.82, 2.24) is 9.55 Å². The van der Waals surface area contributed by atoms with Crippen LogP contribution in [0.3, 0.4) is 0 Å². The lowest BCUT2D eigenvalue weighted by Crippen LogP contribution is -2.50. The number of rotatable bonds is 2. The summed E-state index contributed by atoms with van der Waals surface area (Å²) in [5.41, 5.74) is 6.91. The maximum atomic E-state index is 5.87. The third-order valence-electron chi connectivity index (χ3n) is 2.94. The molecule has 16 heavy (non-hydrogen) atoms. The Labute approximate surface area is 96.2 Å².